The van der Waals surface area contributed by atoms with E-state index in [0.717, 1.165) is 22.4 Å². The summed E-state index contributed by atoms with van der Waals surface area (Å²) in [7, 11) is 1.61. The first kappa shape index (κ1) is 16.5. The molecule has 1 aromatic carbocycles. The van der Waals surface area contributed by atoms with Crippen LogP contribution in [0.25, 0.3) is 0 Å². The van der Waals surface area contributed by atoms with Gasteiger partial charge >= 0.3 is 5.97 Å². The van der Waals surface area contributed by atoms with Crippen LogP contribution in [0.4, 0.5) is 0 Å². The lowest BCUT2D eigenvalue weighted by molar-refractivity contribution is -0.150. The van der Waals surface area contributed by atoms with Crippen molar-refractivity contribution in [3.05, 3.63) is 28.3 Å². The van der Waals surface area contributed by atoms with Crippen molar-refractivity contribution in [2.45, 2.75) is 53.6 Å². The third-order valence-electron chi connectivity index (χ3n) is 4.47. The summed E-state index contributed by atoms with van der Waals surface area (Å²) in [4.78, 5) is 24.5. The summed E-state index contributed by atoms with van der Waals surface area (Å²) in [6.45, 7) is 11.0. The van der Waals surface area contributed by atoms with Crippen LogP contribution in [0.15, 0.2) is 6.07 Å². The molecule has 0 saturated carbocycles. The van der Waals surface area contributed by atoms with Crippen molar-refractivity contribution in [3.63, 3.8) is 0 Å². The van der Waals surface area contributed by atoms with E-state index in [-0.39, 0.29) is 17.7 Å². The Morgan fingerprint density at radius 3 is 2.36 bits per heavy atom. The van der Waals surface area contributed by atoms with Crippen LogP contribution in [0.1, 0.15) is 73.7 Å². The van der Waals surface area contributed by atoms with Gasteiger partial charge in [-0.1, -0.05) is 13.8 Å². The van der Waals surface area contributed by atoms with E-state index in [4.69, 9.17) is 9.47 Å². The van der Waals surface area contributed by atoms with Crippen molar-refractivity contribution in [2.24, 2.45) is 5.41 Å². The highest BCUT2D eigenvalue weighted by atomic mass is 16.5. The van der Waals surface area contributed by atoms with Gasteiger partial charge in [0.25, 0.3) is 0 Å². The molecular weight excluding hydrogens is 280 g/mol. The average molecular weight is 304 g/mol. The van der Waals surface area contributed by atoms with Crippen LogP contribution in [0.3, 0.4) is 0 Å². The van der Waals surface area contributed by atoms with Gasteiger partial charge in [0.1, 0.15) is 11.9 Å². The van der Waals surface area contributed by atoms with Crippen LogP contribution < -0.4 is 4.74 Å². The molecule has 22 heavy (non-hydrogen) atoms. The molecule has 0 fully saturated rings. The molecule has 1 aliphatic rings. The Hall–Kier alpha value is -1.84. The number of carbonyl (C=O) groups is 2. The van der Waals surface area contributed by atoms with E-state index in [1.807, 2.05) is 40.7 Å². The minimum atomic E-state index is -0.769. The normalized spacial score (nSPS) is 19.3. The molecule has 1 atom stereocenters. The molecule has 1 aliphatic carbocycles. The Labute approximate surface area is 131 Å². The third kappa shape index (κ3) is 2.31. The van der Waals surface area contributed by atoms with Gasteiger partial charge < -0.3 is 9.47 Å². The number of fused-ring (bicyclic) bond motifs is 1. The smallest absolute Gasteiger partial charge is 0.303 e. The number of hydrogen-bond donors (Lipinski definition) is 0. The summed E-state index contributed by atoms with van der Waals surface area (Å²) in [5.41, 5.74) is 2.55. The number of ether oxygens (including phenoxy) is 2. The largest absolute Gasteiger partial charge is 0.496 e. The molecule has 1 unspecified atom stereocenters. The van der Waals surface area contributed by atoms with Crippen molar-refractivity contribution in [1.82, 2.24) is 0 Å². The molecule has 0 saturated heterocycles. The van der Waals surface area contributed by atoms with Crippen LogP contribution in [0, 0.1) is 12.3 Å². The topological polar surface area (TPSA) is 52.6 Å². The molecular formula is C18H24O4. The van der Waals surface area contributed by atoms with E-state index in [1.165, 1.54) is 6.92 Å². The second-order valence-corrected chi connectivity index (χ2v) is 6.78. The number of ketones is 1. The molecule has 120 valence electrons. The van der Waals surface area contributed by atoms with Gasteiger partial charge in [-0.05, 0) is 43.9 Å². The predicted octanol–water partition coefficient (Wildman–Crippen LogP) is 3.95. The van der Waals surface area contributed by atoms with Crippen molar-refractivity contribution in [2.75, 3.05) is 7.11 Å². The van der Waals surface area contributed by atoms with Gasteiger partial charge in [0.05, 0.1) is 12.5 Å². The van der Waals surface area contributed by atoms with Gasteiger partial charge in [-0.25, -0.2) is 0 Å². The van der Waals surface area contributed by atoms with Crippen molar-refractivity contribution in [1.29, 1.82) is 0 Å². The van der Waals surface area contributed by atoms with Gasteiger partial charge in [-0.15, -0.1) is 0 Å². The number of methoxy groups -OCH3 is 1. The molecule has 1 aromatic rings. The number of benzene rings is 1. The van der Waals surface area contributed by atoms with Crippen LogP contribution >= 0.6 is 0 Å². The molecule has 0 N–H and O–H groups in total. The zero-order chi connectivity index (χ0) is 16.8. The number of hydrogen-bond acceptors (Lipinski definition) is 4. The lowest BCUT2D eigenvalue weighted by atomic mass is 9.85. The third-order valence-corrected chi connectivity index (χ3v) is 4.47. The maximum Gasteiger partial charge on any atom is 0.303 e. The molecule has 0 radical (unpaired) electrons. The Kier molecular flexibility index (Phi) is 4.07. The molecule has 0 bridgehead atoms. The fourth-order valence-corrected chi connectivity index (χ4v) is 3.22. The quantitative estimate of drug-likeness (QED) is 0.793. The summed E-state index contributed by atoms with van der Waals surface area (Å²) in [5, 5.41) is 0. The van der Waals surface area contributed by atoms with E-state index in [0.29, 0.717) is 5.56 Å². The van der Waals surface area contributed by atoms with Crippen LogP contribution in [-0.4, -0.2) is 18.9 Å². The fourth-order valence-electron chi connectivity index (χ4n) is 3.22. The Bertz CT molecular complexity index is 641. The van der Waals surface area contributed by atoms with E-state index in [1.54, 1.807) is 7.11 Å². The SMILES string of the molecule is COc1cc(C(C)C)c2c(c1C)C(OC(C)=O)C(C)(C)C2=O. The van der Waals surface area contributed by atoms with E-state index < -0.39 is 11.5 Å². The van der Waals surface area contributed by atoms with Crippen LogP contribution in [0.5, 0.6) is 5.75 Å². The first-order chi connectivity index (χ1) is 10.1. The first-order valence-electron chi connectivity index (χ1n) is 7.56. The highest BCUT2D eigenvalue weighted by Gasteiger charge is 2.51. The summed E-state index contributed by atoms with van der Waals surface area (Å²) in [6, 6.07) is 1.93. The Morgan fingerprint density at radius 1 is 1.32 bits per heavy atom. The van der Waals surface area contributed by atoms with E-state index in [9.17, 15) is 9.59 Å². The highest BCUT2D eigenvalue weighted by molar-refractivity contribution is 6.07. The number of Topliss-reactive ketones (excluding diaryl/α,β-unsaturated/α-hetero) is 1. The second kappa shape index (κ2) is 5.41. The van der Waals surface area contributed by atoms with Gasteiger partial charge in [0.2, 0.25) is 0 Å². The summed E-state index contributed by atoms with van der Waals surface area (Å²) >= 11 is 0. The lowest BCUT2D eigenvalue weighted by Gasteiger charge is -2.26. The molecule has 4 heteroatoms. The summed E-state index contributed by atoms with van der Waals surface area (Å²) in [6.07, 6.45) is -0.569. The van der Waals surface area contributed by atoms with Gasteiger partial charge in [0, 0.05) is 18.1 Å². The number of rotatable bonds is 3. The predicted molar refractivity (Wildman–Crippen MR) is 84.4 cm³/mol. The van der Waals surface area contributed by atoms with E-state index >= 15 is 0 Å². The second-order valence-electron chi connectivity index (χ2n) is 6.78. The van der Waals surface area contributed by atoms with E-state index in [2.05, 4.69) is 0 Å². The first-order valence-corrected chi connectivity index (χ1v) is 7.56. The lowest BCUT2D eigenvalue weighted by Crippen LogP contribution is -2.27. The standard InChI is InChI=1S/C18H24O4/c1-9(2)12-8-13(21-7)10(3)14-15(12)16(20)18(5,6)17(14)22-11(4)19/h8-9,17H,1-7H3. The van der Waals surface area contributed by atoms with Crippen LogP contribution in [-0.2, 0) is 9.53 Å². The van der Waals surface area contributed by atoms with Gasteiger partial charge in [-0.3, -0.25) is 9.59 Å². The number of carbonyl (C=O) groups excluding carboxylic acids is 2. The monoisotopic (exact) mass is 304 g/mol. The number of esters is 1. The zero-order valence-corrected chi connectivity index (χ0v) is 14.4. The minimum absolute atomic E-state index is 0.0307. The maximum absolute atomic E-state index is 13.0. The highest BCUT2D eigenvalue weighted by Crippen LogP contribution is 2.52. The van der Waals surface area contributed by atoms with Crippen molar-refractivity contribution >= 4 is 11.8 Å². The fraction of sp³-hybridized carbons (Fsp3) is 0.556. The van der Waals surface area contributed by atoms with Gasteiger partial charge in [-0.2, -0.15) is 0 Å². The Balaban J connectivity index is 2.81. The molecule has 2 rings (SSSR count). The minimum Gasteiger partial charge on any atom is -0.496 e. The summed E-state index contributed by atoms with van der Waals surface area (Å²) in [5.74, 6) is 0.555. The van der Waals surface area contributed by atoms with Crippen molar-refractivity contribution in [3.8, 4) is 5.75 Å². The van der Waals surface area contributed by atoms with Gasteiger partial charge in [0.15, 0.2) is 5.78 Å². The van der Waals surface area contributed by atoms with Crippen LogP contribution in [0.2, 0.25) is 0 Å². The maximum atomic E-state index is 13.0. The molecule has 0 aromatic heterocycles. The zero-order valence-electron chi connectivity index (χ0n) is 14.4. The molecule has 0 spiro atoms. The summed E-state index contributed by atoms with van der Waals surface area (Å²) < 4.78 is 11.0. The Morgan fingerprint density at radius 2 is 1.91 bits per heavy atom. The average Bonchev–Trinajstić information content (AvgIpc) is 2.60. The van der Waals surface area contributed by atoms with Crippen molar-refractivity contribution < 1.29 is 19.1 Å². The molecule has 0 heterocycles. The molecule has 4 nitrogen and oxygen atoms in total. The molecule has 0 aliphatic heterocycles. The molecule has 0 amide bonds.